The number of ether oxygens (including phenoxy) is 1. The van der Waals surface area contributed by atoms with Crippen molar-refractivity contribution in [2.75, 3.05) is 6.61 Å². The Morgan fingerprint density at radius 3 is 2.19 bits per heavy atom. The van der Waals surface area contributed by atoms with Crippen LogP contribution in [0, 0.1) is 0 Å². The van der Waals surface area contributed by atoms with E-state index in [2.05, 4.69) is 20.6 Å². The van der Waals surface area contributed by atoms with Crippen LogP contribution in [0.5, 0.6) is 5.75 Å². The lowest BCUT2D eigenvalue weighted by Crippen LogP contribution is -2.57. The van der Waals surface area contributed by atoms with Crippen LogP contribution in [0.2, 0.25) is 0 Å². The van der Waals surface area contributed by atoms with Crippen molar-refractivity contribution in [3.05, 3.63) is 102 Å². The number of fused-ring (bicyclic) bond motifs is 1. The van der Waals surface area contributed by atoms with Gasteiger partial charge in [-0.1, -0.05) is 54.6 Å². The number of nitrogens with zero attached hydrogens (tertiary/aromatic N) is 2. The third kappa shape index (κ3) is 9.58. The van der Waals surface area contributed by atoms with E-state index in [0.717, 1.165) is 0 Å². The Morgan fingerprint density at radius 2 is 1.53 bits per heavy atom. The van der Waals surface area contributed by atoms with Gasteiger partial charge >= 0.3 is 7.82 Å². The number of aromatic nitrogens is 2. The van der Waals surface area contributed by atoms with Crippen LogP contribution in [0.3, 0.4) is 0 Å². The summed E-state index contributed by atoms with van der Waals surface area (Å²) < 4.78 is 22.7. The van der Waals surface area contributed by atoms with E-state index in [1.807, 2.05) is 0 Å². The molecule has 244 valence electrons. The van der Waals surface area contributed by atoms with Crippen LogP contribution >= 0.6 is 7.82 Å². The molecular formula is C31H30N5O10P. The molecule has 0 saturated carbocycles. The zero-order valence-corrected chi connectivity index (χ0v) is 25.7. The third-order valence-electron chi connectivity index (χ3n) is 6.66. The number of para-hydroxylation sites is 3. The zero-order valence-electron chi connectivity index (χ0n) is 24.8. The average Bonchev–Trinajstić information content (AvgIpc) is 3.04. The summed E-state index contributed by atoms with van der Waals surface area (Å²) in [6, 6.07) is 16.6. The van der Waals surface area contributed by atoms with E-state index in [1.54, 1.807) is 42.5 Å². The fraction of sp³-hybridized carbons (Fsp3) is 0.194. The minimum absolute atomic E-state index is 0.0168. The lowest BCUT2D eigenvalue weighted by molar-refractivity contribution is -0.127. The normalized spacial score (nSPS) is 13.2. The topological polar surface area (TPSA) is 237 Å². The first-order valence-electron chi connectivity index (χ1n) is 14.0. The highest BCUT2D eigenvalue weighted by Crippen LogP contribution is 2.39. The summed E-state index contributed by atoms with van der Waals surface area (Å²) in [7, 11) is -5.34. The maximum Gasteiger partial charge on any atom is 0.470 e. The number of Topliss-reactive ketones (excluding diaryl/α,β-unsaturated/α-hetero) is 2. The van der Waals surface area contributed by atoms with E-state index in [-0.39, 0.29) is 28.4 Å². The summed E-state index contributed by atoms with van der Waals surface area (Å²) in [5.74, 6) is -4.23. The van der Waals surface area contributed by atoms with Gasteiger partial charge in [-0.3, -0.25) is 33.5 Å². The Balaban J connectivity index is 1.66. The van der Waals surface area contributed by atoms with E-state index >= 15 is 0 Å². The SMILES string of the molecule is CC(=O)c1ccccc1OCC(OP(=O)(O)O)C(NC(=O)C(CC(N)=O)NC(=O)c1cnc2ccccc2n1)C(=O)c1ccccc1. The van der Waals surface area contributed by atoms with Gasteiger partial charge in [-0.2, -0.15) is 0 Å². The van der Waals surface area contributed by atoms with Gasteiger partial charge in [0.1, 0.15) is 36.2 Å². The Hall–Kier alpha value is -5.34. The maximum atomic E-state index is 13.8. The second kappa shape index (κ2) is 15.3. The molecule has 15 nitrogen and oxygen atoms in total. The molecule has 3 unspecified atom stereocenters. The Kier molecular flexibility index (Phi) is 11.2. The molecule has 0 bridgehead atoms. The van der Waals surface area contributed by atoms with Crippen molar-refractivity contribution < 1.29 is 47.6 Å². The number of primary amides is 1. The summed E-state index contributed by atoms with van der Waals surface area (Å²) in [6.07, 6.45) is -1.42. The Morgan fingerprint density at radius 1 is 0.894 bits per heavy atom. The largest absolute Gasteiger partial charge is 0.490 e. The smallest absolute Gasteiger partial charge is 0.470 e. The molecule has 3 aromatic carbocycles. The van der Waals surface area contributed by atoms with Gasteiger partial charge < -0.3 is 30.9 Å². The van der Waals surface area contributed by atoms with Crippen molar-refractivity contribution in [2.24, 2.45) is 5.73 Å². The molecule has 0 fully saturated rings. The van der Waals surface area contributed by atoms with Crippen molar-refractivity contribution in [1.82, 2.24) is 20.6 Å². The van der Waals surface area contributed by atoms with Gasteiger partial charge in [-0.25, -0.2) is 9.55 Å². The number of carbonyl (C=O) groups is 5. The fourth-order valence-electron chi connectivity index (χ4n) is 4.49. The van der Waals surface area contributed by atoms with E-state index < -0.39 is 62.5 Å². The van der Waals surface area contributed by atoms with Gasteiger partial charge in [0.15, 0.2) is 11.6 Å². The van der Waals surface area contributed by atoms with Gasteiger partial charge in [-0.05, 0) is 31.2 Å². The average molecular weight is 664 g/mol. The van der Waals surface area contributed by atoms with Crippen LogP contribution in [-0.2, 0) is 18.7 Å². The lowest BCUT2D eigenvalue weighted by atomic mass is 9.99. The van der Waals surface area contributed by atoms with Gasteiger partial charge in [0, 0.05) is 5.56 Å². The minimum atomic E-state index is -5.34. The summed E-state index contributed by atoms with van der Waals surface area (Å²) in [5, 5.41) is 4.69. The molecule has 6 N–H and O–H groups in total. The molecular weight excluding hydrogens is 633 g/mol. The Labute approximate surface area is 267 Å². The van der Waals surface area contributed by atoms with Gasteiger partial charge in [0.2, 0.25) is 11.8 Å². The number of carbonyl (C=O) groups excluding carboxylic acids is 5. The predicted molar refractivity (Wildman–Crippen MR) is 166 cm³/mol. The summed E-state index contributed by atoms with van der Waals surface area (Å²) >= 11 is 0. The number of phosphoric ester groups is 1. The van der Waals surface area contributed by atoms with Crippen LogP contribution in [-0.4, -0.2) is 73.8 Å². The van der Waals surface area contributed by atoms with Gasteiger partial charge in [0.05, 0.1) is 29.2 Å². The first-order valence-corrected chi connectivity index (χ1v) is 15.5. The van der Waals surface area contributed by atoms with Crippen LogP contribution in [0.25, 0.3) is 11.0 Å². The number of amides is 3. The monoisotopic (exact) mass is 663 g/mol. The molecule has 3 amide bonds. The molecule has 47 heavy (non-hydrogen) atoms. The van der Waals surface area contributed by atoms with Crippen molar-refractivity contribution in [3.63, 3.8) is 0 Å². The number of nitrogens with two attached hydrogens (primary N) is 1. The fourth-order valence-corrected chi connectivity index (χ4v) is 5.03. The molecule has 1 aromatic heterocycles. The van der Waals surface area contributed by atoms with Crippen molar-refractivity contribution in [2.45, 2.75) is 31.5 Å². The van der Waals surface area contributed by atoms with E-state index in [0.29, 0.717) is 11.0 Å². The molecule has 16 heteroatoms. The summed E-state index contributed by atoms with van der Waals surface area (Å²) in [4.78, 5) is 92.4. The number of phosphoric acid groups is 1. The highest BCUT2D eigenvalue weighted by molar-refractivity contribution is 7.46. The predicted octanol–water partition coefficient (Wildman–Crippen LogP) is 1.73. The zero-order chi connectivity index (χ0) is 34.1. The third-order valence-corrected chi connectivity index (χ3v) is 7.21. The quantitative estimate of drug-likeness (QED) is 0.0903. The molecule has 3 atom stereocenters. The van der Waals surface area contributed by atoms with Crippen LogP contribution < -0.4 is 21.1 Å². The Bertz CT molecular complexity index is 1850. The molecule has 0 spiro atoms. The molecule has 4 aromatic rings. The molecule has 0 aliphatic rings. The molecule has 4 rings (SSSR count). The van der Waals surface area contributed by atoms with Gasteiger partial charge in [-0.15, -0.1) is 0 Å². The first-order chi connectivity index (χ1) is 22.3. The summed E-state index contributed by atoms with van der Waals surface area (Å²) in [6.45, 7) is 0.545. The van der Waals surface area contributed by atoms with Crippen molar-refractivity contribution in [1.29, 1.82) is 0 Å². The lowest BCUT2D eigenvalue weighted by Gasteiger charge is -2.29. The second-order valence-corrected chi connectivity index (χ2v) is 11.3. The van der Waals surface area contributed by atoms with Crippen LogP contribution in [0.4, 0.5) is 0 Å². The maximum absolute atomic E-state index is 13.8. The molecule has 1 heterocycles. The molecule has 0 aliphatic heterocycles. The number of hydrogen-bond donors (Lipinski definition) is 5. The highest BCUT2D eigenvalue weighted by Gasteiger charge is 2.38. The summed E-state index contributed by atoms with van der Waals surface area (Å²) in [5.41, 5.74) is 6.20. The van der Waals surface area contributed by atoms with Gasteiger partial charge in [0.25, 0.3) is 5.91 Å². The van der Waals surface area contributed by atoms with E-state index in [1.165, 1.54) is 49.5 Å². The number of rotatable bonds is 15. The molecule has 0 saturated heterocycles. The van der Waals surface area contributed by atoms with Crippen molar-refractivity contribution in [3.8, 4) is 5.75 Å². The number of benzene rings is 3. The molecule has 0 aliphatic carbocycles. The van der Waals surface area contributed by atoms with E-state index in [9.17, 15) is 38.3 Å². The molecule has 0 radical (unpaired) electrons. The minimum Gasteiger partial charge on any atom is -0.490 e. The van der Waals surface area contributed by atoms with Crippen LogP contribution in [0.15, 0.2) is 85.1 Å². The highest BCUT2D eigenvalue weighted by atomic mass is 31.2. The van der Waals surface area contributed by atoms with E-state index in [4.69, 9.17) is 15.0 Å². The van der Waals surface area contributed by atoms with Crippen molar-refractivity contribution >= 4 is 48.1 Å². The number of nitrogens with one attached hydrogen (secondary N) is 2. The number of hydrogen-bond acceptors (Lipinski definition) is 10. The van der Waals surface area contributed by atoms with Crippen LogP contribution in [0.1, 0.15) is 44.5 Å². The standard InChI is InChI=1S/C31H30N5O10P/c1-18(37)20-11-5-8-14-25(20)45-17-26(46-47(42,43)44)28(29(39)19-9-3-2-4-10-19)36-30(40)23(15-27(32)38)35-31(41)24-16-33-21-12-6-7-13-22(21)34-24/h2-14,16,23,26,28H,15,17H2,1H3,(H2,32,38)(H,35,41)(H,36,40)(H2,42,43,44). The first kappa shape index (κ1) is 34.5. The number of ketones is 2. The second-order valence-electron chi connectivity index (χ2n) is 10.2.